The van der Waals surface area contributed by atoms with Gasteiger partial charge in [-0.2, -0.15) is 0 Å². The van der Waals surface area contributed by atoms with Crippen LogP contribution in [0.15, 0.2) is 83.8 Å². The van der Waals surface area contributed by atoms with Crippen LogP contribution in [0, 0.1) is 5.82 Å². The minimum atomic E-state index is -0.588. The lowest BCUT2D eigenvalue weighted by Gasteiger charge is -2.17. The fourth-order valence-corrected chi connectivity index (χ4v) is 3.56. The highest BCUT2D eigenvalue weighted by atomic mass is 32.2. The summed E-state index contributed by atoms with van der Waals surface area (Å²) in [5.41, 5.74) is 0.981. The molecule has 30 heavy (non-hydrogen) atoms. The van der Waals surface area contributed by atoms with Gasteiger partial charge in [0.25, 0.3) is 5.91 Å². The van der Waals surface area contributed by atoms with Gasteiger partial charge in [-0.15, -0.1) is 11.8 Å². The number of hydrogen-bond donors (Lipinski definition) is 3. The van der Waals surface area contributed by atoms with Gasteiger partial charge in [-0.05, 0) is 48.5 Å². The number of nitrogens with zero attached hydrogens (tertiary/aromatic N) is 1. The van der Waals surface area contributed by atoms with Crippen molar-refractivity contribution < 1.29 is 14.0 Å². The lowest BCUT2D eigenvalue weighted by Crippen LogP contribution is -2.35. The summed E-state index contributed by atoms with van der Waals surface area (Å²) in [6.07, 6.45) is 0. The number of anilines is 2. The Hall–Kier alpha value is -2.97. The monoisotopic (exact) mass is 441 g/mol. The molecule has 0 aliphatic carbocycles. The first-order valence-corrected chi connectivity index (χ1v) is 10.5. The van der Waals surface area contributed by atoms with Gasteiger partial charge in [0.2, 0.25) is 0 Å². The summed E-state index contributed by atoms with van der Waals surface area (Å²) in [6.45, 7) is 0.492. The Labute approximate surface area is 184 Å². The lowest BCUT2D eigenvalue weighted by molar-refractivity contribution is 0.102. The highest BCUT2D eigenvalue weighted by Gasteiger charge is 2.13. The molecule has 0 saturated heterocycles. The zero-order valence-corrected chi connectivity index (χ0v) is 17.6. The standard InChI is InChI=1S/C22H20FN3O2S2/c23-20-9-5-4-8-19(20)21(27)25-16-10-12-17(13-11-16)26(29)22(28)24-14-15-30-18-6-2-1-3-7-18/h1-13,29H,14-15H2,(H,24,28)(H,25,27). The number of nitrogens with one attached hydrogen (secondary N) is 2. The predicted molar refractivity (Wildman–Crippen MR) is 123 cm³/mol. The fraction of sp³-hybridized carbons (Fsp3) is 0.0909. The van der Waals surface area contributed by atoms with E-state index in [2.05, 4.69) is 23.4 Å². The molecule has 0 fully saturated rings. The molecule has 0 aliphatic heterocycles. The van der Waals surface area contributed by atoms with E-state index in [9.17, 15) is 14.0 Å². The van der Waals surface area contributed by atoms with Crippen LogP contribution in [0.1, 0.15) is 10.4 Å². The summed E-state index contributed by atoms with van der Waals surface area (Å²) in [6, 6.07) is 21.9. The minimum Gasteiger partial charge on any atom is -0.336 e. The first-order valence-electron chi connectivity index (χ1n) is 9.15. The van der Waals surface area contributed by atoms with Crippen LogP contribution in [0.25, 0.3) is 0 Å². The second-order valence-corrected chi connectivity index (χ2v) is 7.75. The first-order chi connectivity index (χ1) is 14.5. The number of thiol groups is 1. The highest BCUT2D eigenvalue weighted by molar-refractivity contribution is 7.99. The first kappa shape index (κ1) is 21.7. The van der Waals surface area contributed by atoms with Crippen LogP contribution in [0.2, 0.25) is 0 Å². The Kier molecular flexibility index (Phi) is 7.75. The van der Waals surface area contributed by atoms with E-state index in [1.165, 1.54) is 22.5 Å². The number of thioether (sulfide) groups is 1. The number of carbonyl (C=O) groups is 2. The summed E-state index contributed by atoms with van der Waals surface area (Å²) < 4.78 is 14.9. The lowest BCUT2D eigenvalue weighted by atomic mass is 10.2. The smallest absolute Gasteiger partial charge is 0.331 e. The molecule has 154 valence electrons. The summed E-state index contributed by atoms with van der Waals surface area (Å²) in [5.74, 6) is -0.397. The van der Waals surface area contributed by atoms with Crippen molar-refractivity contribution in [3.63, 3.8) is 0 Å². The second kappa shape index (κ2) is 10.7. The van der Waals surface area contributed by atoms with E-state index in [1.807, 2.05) is 30.3 Å². The Morgan fingerprint density at radius 1 is 0.933 bits per heavy atom. The fourth-order valence-electron chi connectivity index (χ4n) is 2.57. The van der Waals surface area contributed by atoms with Crippen LogP contribution in [-0.4, -0.2) is 24.2 Å². The van der Waals surface area contributed by atoms with E-state index in [0.29, 0.717) is 17.9 Å². The van der Waals surface area contributed by atoms with Crippen LogP contribution in [0.5, 0.6) is 0 Å². The zero-order chi connectivity index (χ0) is 21.3. The molecule has 0 heterocycles. The average molecular weight is 442 g/mol. The second-order valence-electron chi connectivity index (χ2n) is 6.19. The van der Waals surface area contributed by atoms with E-state index in [4.69, 9.17) is 0 Å². The third kappa shape index (κ3) is 6.01. The molecule has 3 rings (SSSR count). The van der Waals surface area contributed by atoms with Gasteiger partial charge in [0.05, 0.1) is 11.3 Å². The zero-order valence-electron chi connectivity index (χ0n) is 15.9. The summed E-state index contributed by atoms with van der Waals surface area (Å²) in [4.78, 5) is 25.6. The van der Waals surface area contributed by atoms with Gasteiger partial charge in [0.15, 0.2) is 0 Å². The topological polar surface area (TPSA) is 61.4 Å². The molecule has 0 aromatic heterocycles. The van der Waals surface area contributed by atoms with E-state index in [0.717, 1.165) is 10.6 Å². The quantitative estimate of drug-likeness (QED) is 0.267. The van der Waals surface area contributed by atoms with Crippen LogP contribution >= 0.6 is 24.6 Å². The SMILES string of the molecule is O=C(Nc1ccc(N(S)C(=O)NCCSc2ccccc2)cc1)c1ccccc1F. The third-order valence-electron chi connectivity index (χ3n) is 4.07. The molecule has 3 amide bonds. The molecule has 0 atom stereocenters. The number of benzene rings is 3. The molecule has 0 spiro atoms. The molecule has 0 unspecified atom stereocenters. The van der Waals surface area contributed by atoms with Crippen LogP contribution in [-0.2, 0) is 0 Å². The Bertz CT molecular complexity index is 1000. The van der Waals surface area contributed by atoms with Crippen molar-refractivity contribution in [2.24, 2.45) is 0 Å². The minimum absolute atomic E-state index is 0.0369. The maximum Gasteiger partial charge on any atom is 0.331 e. The third-order valence-corrected chi connectivity index (χ3v) is 5.50. The average Bonchev–Trinajstić information content (AvgIpc) is 2.77. The van der Waals surface area contributed by atoms with Crippen molar-refractivity contribution in [3.8, 4) is 0 Å². The number of urea groups is 1. The van der Waals surface area contributed by atoms with Crippen LogP contribution in [0.3, 0.4) is 0 Å². The van der Waals surface area contributed by atoms with Gasteiger partial charge in [-0.1, -0.05) is 43.1 Å². The van der Waals surface area contributed by atoms with Gasteiger partial charge in [0, 0.05) is 22.9 Å². The summed E-state index contributed by atoms with van der Waals surface area (Å²) >= 11 is 5.89. The maximum absolute atomic E-state index is 13.7. The molecule has 3 aromatic rings. The number of rotatable bonds is 7. The van der Waals surface area contributed by atoms with Gasteiger partial charge in [-0.25, -0.2) is 13.5 Å². The van der Waals surface area contributed by atoms with Crippen molar-refractivity contribution in [1.29, 1.82) is 0 Å². The van der Waals surface area contributed by atoms with E-state index < -0.39 is 11.7 Å². The van der Waals surface area contributed by atoms with Gasteiger partial charge in [0.1, 0.15) is 5.82 Å². The molecule has 5 nitrogen and oxygen atoms in total. The van der Waals surface area contributed by atoms with Gasteiger partial charge in [-0.3, -0.25) is 4.79 Å². The summed E-state index contributed by atoms with van der Waals surface area (Å²) in [5, 5.41) is 5.43. The number of halogens is 1. The van der Waals surface area contributed by atoms with Crippen LogP contribution < -0.4 is 14.9 Å². The number of hydrogen-bond acceptors (Lipinski definition) is 4. The molecule has 0 bridgehead atoms. The van der Waals surface area contributed by atoms with Crippen molar-refractivity contribution in [2.75, 3.05) is 21.9 Å². The predicted octanol–water partition coefficient (Wildman–Crippen LogP) is 5.23. The molecule has 0 saturated carbocycles. The van der Waals surface area contributed by atoms with E-state index >= 15 is 0 Å². The van der Waals surface area contributed by atoms with E-state index in [-0.39, 0.29) is 11.6 Å². The molecule has 0 radical (unpaired) electrons. The van der Waals surface area contributed by atoms with Crippen molar-refractivity contribution in [3.05, 3.63) is 90.2 Å². The van der Waals surface area contributed by atoms with Crippen LogP contribution in [0.4, 0.5) is 20.6 Å². The van der Waals surface area contributed by atoms with Crippen molar-refractivity contribution >= 4 is 47.9 Å². The Morgan fingerprint density at radius 3 is 2.30 bits per heavy atom. The Balaban J connectivity index is 1.49. The molecule has 3 aromatic carbocycles. The van der Waals surface area contributed by atoms with Crippen molar-refractivity contribution in [1.82, 2.24) is 5.32 Å². The maximum atomic E-state index is 13.7. The van der Waals surface area contributed by atoms with E-state index in [1.54, 1.807) is 42.1 Å². The molecular formula is C22H20FN3O2S2. The Morgan fingerprint density at radius 2 is 1.60 bits per heavy atom. The largest absolute Gasteiger partial charge is 0.336 e. The normalized spacial score (nSPS) is 10.3. The van der Waals surface area contributed by atoms with Gasteiger partial charge < -0.3 is 10.6 Å². The van der Waals surface area contributed by atoms with Crippen molar-refractivity contribution in [2.45, 2.75) is 4.90 Å². The van der Waals surface area contributed by atoms with Gasteiger partial charge >= 0.3 is 6.03 Å². The number of amides is 3. The molecule has 2 N–H and O–H groups in total. The molecule has 8 heteroatoms. The molecular weight excluding hydrogens is 421 g/mol. The summed E-state index contributed by atoms with van der Waals surface area (Å²) in [7, 11) is 0. The molecule has 0 aliphatic rings. The highest BCUT2D eigenvalue weighted by Crippen LogP contribution is 2.21. The number of carbonyl (C=O) groups excluding carboxylic acids is 2.